The molecule has 6 nitrogen and oxygen atoms in total. The average molecular weight is 398 g/mol. The summed E-state index contributed by atoms with van der Waals surface area (Å²) in [5.41, 5.74) is 2.82. The average Bonchev–Trinajstić information content (AvgIpc) is 3.11. The predicted octanol–water partition coefficient (Wildman–Crippen LogP) is 4.08. The number of nitrogens with one attached hydrogen (secondary N) is 1. The summed E-state index contributed by atoms with van der Waals surface area (Å²) in [6.07, 6.45) is 2.13. The number of methoxy groups -OCH3 is 2. The molecule has 0 fully saturated rings. The zero-order chi connectivity index (χ0) is 19.7. The molecular formula is C21H20ClN3O3. The van der Waals surface area contributed by atoms with Crippen LogP contribution in [0.25, 0.3) is 0 Å². The first-order valence-corrected chi connectivity index (χ1v) is 9.29. The Bertz CT molecular complexity index is 1030. The number of ether oxygens (including phenoxy) is 2. The number of amides is 1. The number of hydrogen-bond donors (Lipinski definition) is 1. The van der Waals surface area contributed by atoms with Crippen LogP contribution in [0.1, 0.15) is 29.0 Å². The molecule has 1 N–H and O–H groups in total. The highest BCUT2D eigenvalue weighted by Gasteiger charge is 2.32. The number of halogens is 1. The number of nitrogens with zero attached hydrogens (tertiary/aromatic N) is 2. The quantitative estimate of drug-likeness (QED) is 0.704. The van der Waals surface area contributed by atoms with Crippen LogP contribution in [0.3, 0.4) is 0 Å². The molecule has 0 bridgehead atoms. The summed E-state index contributed by atoms with van der Waals surface area (Å²) in [5.74, 6) is 1.87. The third-order valence-corrected chi connectivity index (χ3v) is 5.35. The first kappa shape index (κ1) is 18.4. The van der Waals surface area contributed by atoms with Crippen molar-refractivity contribution in [3.8, 4) is 11.5 Å². The molecule has 1 aliphatic heterocycles. The summed E-state index contributed by atoms with van der Waals surface area (Å²) in [5, 5.41) is 8.14. The van der Waals surface area contributed by atoms with E-state index in [2.05, 4.69) is 10.4 Å². The molecule has 1 unspecified atom stereocenters. The van der Waals surface area contributed by atoms with Crippen LogP contribution in [-0.4, -0.2) is 29.9 Å². The molecule has 1 atom stereocenters. The summed E-state index contributed by atoms with van der Waals surface area (Å²) in [6, 6.07) is 13.3. The van der Waals surface area contributed by atoms with Crippen LogP contribution in [-0.2, 0) is 11.3 Å². The zero-order valence-electron chi connectivity index (χ0n) is 15.6. The first-order valence-electron chi connectivity index (χ1n) is 8.91. The highest BCUT2D eigenvalue weighted by molar-refractivity contribution is 6.31. The van der Waals surface area contributed by atoms with Gasteiger partial charge in [0.05, 0.1) is 27.0 Å². The Morgan fingerprint density at radius 1 is 1.18 bits per heavy atom. The van der Waals surface area contributed by atoms with Gasteiger partial charge in [0.15, 0.2) is 0 Å². The van der Waals surface area contributed by atoms with E-state index in [9.17, 15) is 4.79 Å². The van der Waals surface area contributed by atoms with E-state index >= 15 is 0 Å². The Kier molecular flexibility index (Phi) is 4.96. The lowest BCUT2D eigenvalue weighted by Gasteiger charge is -2.25. The van der Waals surface area contributed by atoms with E-state index in [1.165, 1.54) is 0 Å². The van der Waals surface area contributed by atoms with Crippen molar-refractivity contribution in [2.45, 2.75) is 18.9 Å². The first-order chi connectivity index (χ1) is 13.6. The van der Waals surface area contributed by atoms with Crippen molar-refractivity contribution in [1.82, 2.24) is 9.78 Å². The van der Waals surface area contributed by atoms with Gasteiger partial charge in [-0.3, -0.25) is 4.79 Å². The van der Waals surface area contributed by atoms with E-state index in [0.717, 1.165) is 16.7 Å². The van der Waals surface area contributed by atoms with Gasteiger partial charge in [-0.15, -0.1) is 0 Å². The van der Waals surface area contributed by atoms with E-state index in [4.69, 9.17) is 21.1 Å². The van der Waals surface area contributed by atoms with Crippen LogP contribution in [0.4, 0.5) is 5.82 Å². The fourth-order valence-electron chi connectivity index (χ4n) is 3.56. The third-order valence-electron chi connectivity index (χ3n) is 4.98. The molecule has 0 saturated carbocycles. The number of anilines is 1. The number of carbonyl (C=O) groups excluding carboxylic acids is 1. The van der Waals surface area contributed by atoms with Gasteiger partial charge in [0, 0.05) is 34.6 Å². The van der Waals surface area contributed by atoms with Gasteiger partial charge in [-0.25, -0.2) is 4.68 Å². The molecule has 3 aromatic rings. The molecule has 1 aromatic heterocycles. The number of benzene rings is 2. The Labute approximate surface area is 168 Å². The standard InChI is InChI=1S/C21H20ClN3O3/c1-27-14-7-8-15(19(9-14)28-2)16-10-20(26)24-21-17(16)11-23-25(21)12-13-5-3-4-6-18(13)22/h3-9,11,16H,10,12H2,1-2H3,(H,24,26). The number of hydrogen-bond acceptors (Lipinski definition) is 4. The Balaban J connectivity index is 1.74. The van der Waals surface area contributed by atoms with Crippen molar-refractivity contribution < 1.29 is 14.3 Å². The van der Waals surface area contributed by atoms with Crippen LogP contribution in [0.15, 0.2) is 48.7 Å². The third kappa shape index (κ3) is 3.31. The molecular weight excluding hydrogens is 378 g/mol. The van der Waals surface area contributed by atoms with Crippen molar-refractivity contribution in [1.29, 1.82) is 0 Å². The second-order valence-corrected chi connectivity index (χ2v) is 7.02. The number of rotatable bonds is 5. The Hall–Kier alpha value is -2.99. The monoisotopic (exact) mass is 397 g/mol. The minimum atomic E-state index is -0.149. The minimum Gasteiger partial charge on any atom is -0.497 e. The van der Waals surface area contributed by atoms with Crippen LogP contribution in [0.5, 0.6) is 11.5 Å². The molecule has 28 heavy (non-hydrogen) atoms. The van der Waals surface area contributed by atoms with Gasteiger partial charge >= 0.3 is 0 Å². The molecule has 0 spiro atoms. The van der Waals surface area contributed by atoms with Crippen LogP contribution < -0.4 is 14.8 Å². The molecule has 1 amide bonds. The fraction of sp³-hybridized carbons (Fsp3) is 0.238. The number of carbonyl (C=O) groups is 1. The summed E-state index contributed by atoms with van der Waals surface area (Å²) in [7, 11) is 3.22. The normalized spacial score (nSPS) is 15.7. The molecule has 144 valence electrons. The Morgan fingerprint density at radius 2 is 2.00 bits per heavy atom. The second-order valence-electron chi connectivity index (χ2n) is 6.61. The summed E-state index contributed by atoms with van der Waals surface area (Å²) >= 11 is 6.29. The van der Waals surface area contributed by atoms with E-state index in [1.54, 1.807) is 25.1 Å². The largest absolute Gasteiger partial charge is 0.497 e. The van der Waals surface area contributed by atoms with E-state index in [1.807, 2.05) is 42.5 Å². The molecule has 4 rings (SSSR count). The van der Waals surface area contributed by atoms with Gasteiger partial charge in [0.2, 0.25) is 5.91 Å². The molecule has 0 radical (unpaired) electrons. The van der Waals surface area contributed by atoms with Crippen LogP contribution in [0, 0.1) is 0 Å². The van der Waals surface area contributed by atoms with E-state index < -0.39 is 0 Å². The van der Waals surface area contributed by atoms with Crippen molar-refractivity contribution in [3.05, 3.63) is 70.4 Å². The van der Waals surface area contributed by atoms with E-state index in [0.29, 0.717) is 35.3 Å². The van der Waals surface area contributed by atoms with Crippen LogP contribution >= 0.6 is 11.6 Å². The lowest BCUT2D eigenvalue weighted by atomic mass is 9.86. The van der Waals surface area contributed by atoms with Gasteiger partial charge < -0.3 is 14.8 Å². The highest BCUT2D eigenvalue weighted by Crippen LogP contribution is 2.42. The van der Waals surface area contributed by atoms with Crippen molar-refractivity contribution >= 4 is 23.3 Å². The lowest BCUT2D eigenvalue weighted by Crippen LogP contribution is -2.25. The lowest BCUT2D eigenvalue weighted by molar-refractivity contribution is -0.116. The number of fused-ring (bicyclic) bond motifs is 1. The maximum atomic E-state index is 12.5. The van der Waals surface area contributed by atoms with Crippen molar-refractivity contribution in [2.24, 2.45) is 0 Å². The molecule has 1 aliphatic rings. The highest BCUT2D eigenvalue weighted by atomic mass is 35.5. The fourth-order valence-corrected chi connectivity index (χ4v) is 3.76. The van der Waals surface area contributed by atoms with E-state index in [-0.39, 0.29) is 11.8 Å². The maximum absolute atomic E-state index is 12.5. The summed E-state index contributed by atoms with van der Waals surface area (Å²) in [4.78, 5) is 12.5. The summed E-state index contributed by atoms with van der Waals surface area (Å²) in [6.45, 7) is 0.474. The summed E-state index contributed by atoms with van der Waals surface area (Å²) < 4.78 is 12.6. The molecule has 2 aromatic carbocycles. The Morgan fingerprint density at radius 3 is 2.75 bits per heavy atom. The van der Waals surface area contributed by atoms with Gasteiger partial charge in [0.1, 0.15) is 17.3 Å². The zero-order valence-corrected chi connectivity index (χ0v) is 16.4. The maximum Gasteiger partial charge on any atom is 0.226 e. The van der Waals surface area contributed by atoms with Gasteiger partial charge in [0.25, 0.3) is 0 Å². The van der Waals surface area contributed by atoms with Gasteiger partial charge in [-0.2, -0.15) is 5.10 Å². The van der Waals surface area contributed by atoms with Gasteiger partial charge in [-0.1, -0.05) is 35.9 Å². The molecule has 7 heteroatoms. The second kappa shape index (κ2) is 7.56. The van der Waals surface area contributed by atoms with Crippen LogP contribution in [0.2, 0.25) is 5.02 Å². The smallest absolute Gasteiger partial charge is 0.226 e. The predicted molar refractivity (Wildman–Crippen MR) is 107 cm³/mol. The minimum absolute atomic E-state index is 0.0590. The molecule has 2 heterocycles. The molecule has 0 saturated heterocycles. The van der Waals surface area contributed by atoms with Crippen molar-refractivity contribution in [2.75, 3.05) is 19.5 Å². The number of aromatic nitrogens is 2. The van der Waals surface area contributed by atoms with Crippen molar-refractivity contribution in [3.63, 3.8) is 0 Å². The molecule has 0 aliphatic carbocycles. The SMILES string of the molecule is COc1ccc(C2CC(=O)Nc3c2cnn3Cc2ccccc2Cl)c(OC)c1. The topological polar surface area (TPSA) is 65.4 Å². The van der Waals surface area contributed by atoms with Gasteiger partial charge in [-0.05, 0) is 17.7 Å².